The molecule has 0 radical (unpaired) electrons. The summed E-state index contributed by atoms with van der Waals surface area (Å²) >= 11 is 6.02. The molecule has 5 nitrogen and oxygen atoms in total. The maximum Gasteiger partial charge on any atom is 0.321 e. The van der Waals surface area contributed by atoms with Crippen LogP contribution in [0.1, 0.15) is 18.4 Å². The number of para-hydroxylation sites is 1. The molecule has 0 aliphatic carbocycles. The number of amides is 3. The fourth-order valence-electron chi connectivity index (χ4n) is 3.06. The number of hydrogen-bond acceptors (Lipinski definition) is 2. The van der Waals surface area contributed by atoms with Crippen LogP contribution in [0.5, 0.6) is 0 Å². The maximum atomic E-state index is 12.6. The molecule has 1 atom stereocenters. The molecule has 3 amide bonds. The summed E-state index contributed by atoms with van der Waals surface area (Å²) in [6, 6.07) is 14.6. The Labute approximate surface area is 158 Å². The summed E-state index contributed by atoms with van der Waals surface area (Å²) in [6.45, 7) is 2.98. The average Bonchev–Trinajstić information content (AvgIpc) is 2.65. The van der Waals surface area contributed by atoms with E-state index in [2.05, 4.69) is 10.6 Å². The predicted octanol–water partition coefficient (Wildman–Crippen LogP) is 4.53. The highest BCUT2D eigenvalue weighted by molar-refractivity contribution is 6.31. The number of carbonyl (C=O) groups is 2. The first-order chi connectivity index (χ1) is 12.5. The van der Waals surface area contributed by atoms with E-state index in [0.717, 1.165) is 24.1 Å². The quantitative estimate of drug-likeness (QED) is 0.832. The van der Waals surface area contributed by atoms with Crippen LogP contribution in [0.2, 0.25) is 5.02 Å². The molecule has 136 valence electrons. The number of carbonyl (C=O) groups excluding carboxylic acids is 2. The van der Waals surface area contributed by atoms with Gasteiger partial charge in [0.1, 0.15) is 0 Å². The summed E-state index contributed by atoms with van der Waals surface area (Å²) in [5, 5.41) is 6.41. The minimum absolute atomic E-state index is 0.0763. The van der Waals surface area contributed by atoms with Crippen molar-refractivity contribution in [2.24, 2.45) is 5.92 Å². The Bertz CT molecular complexity index is 795. The van der Waals surface area contributed by atoms with Gasteiger partial charge >= 0.3 is 6.03 Å². The average molecular weight is 372 g/mol. The first-order valence-corrected chi connectivity index (χ1v) is 9.09. The van der Waals surface area contributed by atoms with Crippen molar-refractivity contribution in [3.63, 3.8) is 0 Å². The molecule has 0 bridgehead atoms. The Hall–Kier alpha value is -2.53. The number of piperidine rings is 1. The van der Waals surface area contributed by atoms with E-state index in [9.17, 15) is 9.59 Å². The van der Waals surface area contributed by atoms with Gasteiger partial charge in [-0.25, -0.2) is 4.79 Å². The second-order valence-electron chi connectivity index (χ2n) is 6.53. The minimum Gasteiger partial charge on any atom is -0.325 e. The normalized spacial score (nSPS) is 16.8. The zero-order chi connectivity index (χ0) is 18.5. The van der Waals surface area contributed by atoms with E-state index in [-0.39, 0.29) is 17.9 Å². The first-order valence-electron chi connectivity index (χ1n) is 8.71. The van der Waals surface area contributed by atoms with Gasteiger partial charge in [-0.05, 0) is 49.6 Å². The largest absolute Gasteiger partial charge is 0.325 e. The number of urea groups is 1. The smallest absolute Gasteiger partial charge is 0.321 e. The number of halogens is 1. The molecule has 0 unspecified atom stereocenters. The number of anilines is 2. The number of nitrogens with zero attached hydrogens (tertiary/aromatic N) is 1. The molecule has 2 N–H and O–H groups in total. The van der Waals surface area contributed by atoms with Crippen molar-refractivity contribution in [2.75, 3.05) is 23.7 Å². The monoisotopic (exact) mass is 371 g/mol. The molecule has 1 saturated heterocycles. The maximum absolute atomic E-state index is 12.6. The van der Waals surface area contributed by atoms with Crippen molar-refractivity contribution in [3.05, 3.63) is 59.1 Å². The van der Waals surface area contributed by atoms with Crippen LogP contribution in [0.25, 0.3) is 0 Å². The number of likely N-dealkylation sites (tertiary alicyclic amines) is 1. The number of hydrogen-bond donors (Lipinski definition) is 2. The fourth-order valence-corrected chi connectivity index (χ4v) is 3.24. The summed E-state index contributed by atoms with van der Waals surface area (Å²) in [5.74, 6) is -0.309. The van der Waals surface area contributed by atoms with Crippen molar-refractivity contribution in [3.8, 4) is 0 Å². The molecule has 1 heterocycles. The van der Waals surface area contributed by atoms with Gasteiger partial charge in [-0.15, -0.1) is 0 Å². The van der Waals surface area contributed by atoms with Crippen LogP contribution in [0.3, 0.4) is 0 Å². The van der Waals surface area contributed by atoms with Gasteiger partial charge < -0.3 is 15.5 Å². The highest BCUT2D eigenvalue weighted by Crippen LogP contribution is 2.23. The SMILES string of the molecule is Cc1ccc(Cl)cc1NC(=O)[C@@H]1CCCN(C(=O)Nc2ccccc2)C1. The van der Waals surface area contributed by atoms with E-state index in [0.29, 0.717) is 23.8 Å². The van der Waals surface area contributed by atoms with Gasteiger partial charge in [-0.2, -0.15) is 0 Å². The predicted molar refractivity (Wildman–Crippen MR) is 105 cm³/mol. The molecule has 0 spiro atoms. The lowest BCUT2D eigenvalue weighted by Crippen LogP contribution is -2.45. The lowest BCUT2D eigenvalue weighted by molar-refractivity contribution is -0.121. The lowest BCUT2D eigenvalue weighted by atomic mass is 9.97. The van der Waals surface area contributed by atoms with Crippen molar-refractivity contribution in [2.45, 2.75) is 19.8 Å². The lowest BCUT2D eigenvalue weighted by Gasteiger charge is -2.32. The molecule has 0 saturated carbocycles. The van der Waals surface area contributed by atoms with E-state index in [4.69, 9.17) is 11.6 Å². The molecule has 2 aromatic rings. The highest BCUT2D eigenvalue weighted by Gasteiger charge is 2.28. The molecule has 26 heavy (non-hydrogen) atoms. The van der Waals surface area contributed by atoms with Crippen LogP contribution in [0, 0.1) is 12.8 Å². The van der Waals surface area contributed by atoms with Crippen LogP contribution in [-0.4, -0.2) is 29.9 Å². The topological polar surface area (TPSA) is 61.4 Å². The third kappa shape index (κ3) is 4.55. The van der Waals surface area contributed by atoms with Crippen molar-refractivity contribution in [1.29, 1.82) is 0 Å². The van der Waals surface area contributed by atoms with Crippen LogP contribution >= 0.6 is 11.6 Å². The van der Waals surface area contributed by atoms with Crippen molar-refractivity contribution >= 4 is 34.9 Å². The first kappa shape index (κ1) is 18.3. The van der Waals surface area contributed by atoms with Gasteiger partial charge in [0.25, 0.3) is 0 Å². The van der Waals surface area contributed by atoms with Crippen LogP contribution in [0.4, 0.5) is 16.2 Å². The van der Waals surface area contributed by atoms with E-state index in [1.165, 1.54) is 0 Å². The van der Waals surface area contributed by atoms with Gasteiger partial charge in [0, 0.05) is 29.5 Å². The van der Waals surface area contributed by atoms with Crippen molar-refractivity contribution in [1.82, 2.24) is 4.90 Å². The standard InChI is InChI=1S/C20H22ClN3O2/c1-14-9-10-16(21)12-18(14)23-19(25)15-6-5-11-24(13-15)20(26)22-17-7-3-2-4-8-17/h2-4,7-10,12,15H,5-6,11,13H2,1H3,(H,22,26)(H,23,25)/t15-/m1/s1. The molecule has 2 aromatic carbocycles. The fraction of sp³-hybridized carbons (Fsp3) is 0.300. The van der Waals surface area contributed by atoms with Crippen LogP contribution in [-0.2, 0) is 4.79 Å². The number of aryl methyl sites for hydroxylation is 1. The van der Waals surface area contributed by atoms with E-state index in [1.54, 1.807) is 17.0 Å². The Morgan fingerprint density at radius 2 is 1.88 bits per heavy atom. The molecule has 3 rings (SSSR count). The summed E-state index contributed by atoms with van der Waals surface area (Å²) in [6.07, 6.45) is 1.56. The summed E-state index contributed by atoms with van der Waals surface area (Å²) < 4.78 is 0. The third-order valence-electron chi connectivity index (χ3n) is 4.56. The number of rotatable bonds is 3. The second-order valence-corrected chi connectivity index (χ2v) is 6.97. The second kappa shape index (κ2) is 8.23. The van der Waals surface area contributed by atoms with Gasteiger partial charge in [0.2, 0.25) is 5.91 Å². The molecular weight excluding hydrogens is 350 g/mol. The molecular formula is C20H22ClN3O2. The summed E-state index contributed by atoms with van der Waals surface area (Å²) in [4.78, 5) is 26.8. The Morgan fingerprint density at radius 1 is 1.12 bits per heavy atom. The molecule has 1 aliphatic heterocycles. The Balaban J connectivity index is 1.61. The highest BCUT2D eigenvalue weighted by atomic mass is 35.5. The Morgan fingerprint density at radius 3 is 2.65 bits per heavy atom. The zero-order valence-electron chi connectivity index (χ0n) is 14.7. The third-order valence-corrected chi connectivity index (χ3v) is 4.80. The van der Waals surface area contributed by atoms with E-state index >= 15 is 0 Å². The van der Waals surface area contributed by atoms with Gasteiger partial charge in [0.05, 0.1) is 5.92 Å². The number of nitrogens with one attached hydrogen (secondary N) is 2. The summed E-state index contributed by atoms with van der Waals surface area (Å²) in [7, 11) is 0. The van der Waals surface area contributed by atoms with Gasteiger partial charge in [-0.1, -0.05) is 35.9 Å². The number of benzene rings is 2. The molecule has 0 aromatic heterocycles. The molecule has 1 fully saturated rings. The molecule has 6 heteroatoms. The summed E-state index contributed by atoms with van der Waals surface area (Å²) in [5.41, 5.74) is 2.42. The molecule has 1 aliphatic rings. The van der Waals surface area contributed by atoms with Crippen molar-refractivity contribution < 1.29 is 9.59 Å². The van der Waals surface area contributed by atoms with E-state index in [1.807, 2.05) is 43.3 Å². The van der Waals surface area contributed by atoms with Gasteiger partial charge in [-0.3, -0.25) is 4.79 Å². The van der Waals surface area contributed by atoms with E-state index < -0.39 is 0 Å². The zero-order valence-corrected chi connectivity index (χ0v) is 15.4. The Kier molecular flexibility index (Phi) is 5.78. The van der Waals surface area contributed by atoms with Crippen LogP contribution in [0.15, 0.2) is 48.5 Å². The van der Waals surface area contributed by atoms with Gasteiger partial charge in [0.15, 0.2) is 0 Å². The minimum atomic E-state index is -0.233. The van der Waals surface area contributed by atoms with Crippen LogP contribution < -0.4 is 10.6 Å².